The van der Waals surface area contributed by atoms with Crippen molar-refractivity contribution in [3.05, 3.63) is 71.8 Å². The third-order valence-electron chi connectivity index (χ3n) is 6.74. The van der Waals surface area contributed by atoms with Gasteiger partial charge >= 0.3 is 5.97 Å². The normalized spacial score (nSPS) is 20.8. The summed E-state index contributed by atoms with van der Waals surface area (Å²) in [5, 5.41) is 17.6. The molecule has 2 aromatic heterocycles. The summed E-state index contributed by atoms with van der Waals surface area (Å²) < 4.78 is 7.70. The second-order valence-corrected chi connectivity index (χ2v) is 9.33. The number of carboxylic acid groups (broad SMARTS) is 1. The van der Waals surface area contributed by atoms with Crippen molar-refractivity contribution in [1.29, 1.82) is 0 Å². The predicted octanol–water partition coefficient (Wildman–Crippen LogP) is 2.19. The summed E-state index contributed by atoms with van der Waals surface area (Å²) in [6, 6.07) is 13.4. The highest BCUT2D eigenvalue weighted by Gasteiger charge is 2.34. The van der Waals surface area contributed by atoms with Crippen LogP contribution in [0.1, 0.15) is 41.0 Å². The third kappa shape index (κ3) is 5.77. The molecule has 188 valence electrons. The molecule has 0 saturated carbocycles. The van der Waals surface area contributed by atoms with E-state index in [1.165, 1.54) is 17.8 Å². The van der Waals surface area contributed by atoms with Gasteiger partial charge in [-0.1, -0.05) is 35.5 Å². The van der Waals surface area contributed by atoms with E-state index in [4.69, 9.17) is 9.84 Å². The average Bonchev–Trinajstić information content (AvgIpc) is 3.49. The molecule has 10 heteroatoms. The van der Waals surface area contributed by atoms with Gasteiger partial charge in [-0.15, -0.1) is 5.10 Å². The van der Waals surface area contributed by atoms with Crippen LogP contribution >= 0.6 is 0 Å². The van der Waals surface area contributed by atoms with Gasteiger partial charge in [0.05, 0.1) is 23.7 Å². The molecule has 0 aliphatic carbocycles. The Labute approximate surface area is 209 Å². The Morgan fingerprint density at radius 3 is 2.75 bits per heavy atom. The molecule has 2 saturated heterocycles. The molecule has 0 spiro atoms. The molecule has 2 aliphatic rings. The molecular formula is C26H30N6O4. The lowest BCUT2D eigenvalue weighted by molar-refractivity contribution is -0.142. The third-order valence-corrected chi connectivity index (χ3v) is 6.74. The van der Waals surface area contributed by atoms with E-state index in [2.05, 4.69) is 32.3 Å². The van der Waals surface area contributed by atoms with Gasteiger partial charge in [-0.05, 0) is 43.4 Å². The number of hydrogen-bond donors (Lipinski definition) is 1. The number of rotatable bonds is 7. The molecule has 1 amide bonds. The maximum atomic E-state index is 13.2. The largest absolute Gasteiger partial charge is 0.477 e. The molecule has 1 N–H and O–H groups in total. The van der Waals surface area contributed by atoms with Gasteiger partial charge in [-0.25, -0.2) is 14.5 Å². The monoisotopic (exact) mass is 490 g/mol. The number of carbonyl (C=O) groups is 2. The van der Waals surface area contributed by atoms with Crippen molar-refractivity contribution >= 4 is 11.9 Å². The van der Waals surface area contributed by atoms with Crippen LogP contribution in [0.15, 0.2) is 54.9 Å². The van der Waals surface area contributed by atoms with Gasteiger partial charge < -0.3 is 14.7 Å². The minimum absolute atomic E-state index is 0.0422. The van der Waals surface area contributed by atoms with Crippen molar-refractivity contribution < 1.29 is 19.4 Å². The van der Waals surface area contributed by atoms with Gasteiger partial charge in [0, 0.05) is 38.9 Å². The Kier molecular flexibility index (Phi) is 7.33. The van der Waals surface area contributed by atoms with Crippen LogP contribution in [0, 0.1) is 0 Å². The maximum Gasteiger partial charge on any atom is 0.354 e. The van der Waals surface area contributed by atoms with Crippen LogP contribution in [0.2, 0.25) is 0 Å². The molecule has 10 nitrogen and oxygen atoms in total. The average molecular weight is 491 g/mol. The lowest BCUT2D eigenvalue weighted by atomic mass is 10.1. The van der Waals surface area contributed by atoms with E-state index in [1.54, 1.807) is 16.9 Å². The number of amides is 1. The molecule has 0 unspecified atom stereocenters. The van der Waals surface area contributed by atoms with Crippen LogP contribution in [0.25, 0.3) is 5.69 Å². The van der Waals surface area contributed by atoms with E-state index in [-0.39, 0.29) is 23.8 Å². The molecule has 1 aromatic carbocycles. The molecular weight excluding hydrogens is 460 g/mol. The van der Waals surface area contributed by atoms with Gasteiger partial charge in [-0.3, -0.25) is 9.69 Å². The lowest BCUT2D eigenvalue weighted by Gasteiger charge is -2.24. The molecule has 2 atom stereocenters. The molecule has 3 aromatic rings. The summed E-state index contributed by atoms with van der Waals surface area (Å²) >= 11 is 0. The smallest absolute Gasteiger partial charge is 0.354 e. The number of carbonyl (C=O) groups excluding carboxylic acids is 1. The van der Waals surface area contributed by atoms with Crippen LogP contribution in [-0.2, 0) is 22.5 Å². The molecule has 5 rings (SSSR count). The van der Waals surface area contributed by atoms with Crippen LogP contribution in [-0.4, -0.2) is 85.1 Å². The molecule has 2 fully saturated rings. The topological polar surface area (TPSA) is 114 Å². The Balaban J connectivity index is 1.13. The van der Waals surface area contributed by atoms with E-state index in [9.17, 15) is 9.59 Å². The standard InChI is InChI=1S/C26H30N6O4/c33-25(24-8-7-22(36-24)15-19-5-2-1-3-6-19)31-12-4-11-30(13-14-31)17-20-18-32(29-28-20)21-9-10-27-23(16-21)26(34)35/h1-3,5-6,9-10,16,18,22,24H,4,7-8,11-15,17H2,(H,34,35)/t22-,24+/m1/s1. The lowest BCUT2D eigenvalue weighted by Crippen LogP contribution is -2.41. The minimum Gasteiger partial charge on any atom is -0.477 e. The number of nitrogens with zero attached hydrogens (tertiary/aromatic N) is 6. The fourth-order valence-electron chi connectivity index (χ4n) is 4.87. The highest BCUT2D eigenvalue weighted by molar-refractivity contribution is 5.85. The van der Waals surface area contributed by atoms with Gasteiger partial charge in [0.15, 0.2) is 0 Å². The van der Waals surface area contributed by atoms with Crippen LogP contribution in [0.5, 0.6) is 0 Å². The van der Waals surface area contributed by atoms with Crippen LogP contribution in [0.3, 0.4) is 0 Å². The zero-order valence-corrected chi connectivity index (χ0v) is 20.1. The van der Waals surface area contributed by atoms with E-state index in [0.29, 0.717) is 18.8 Å². The summed E-state index contributed by atoms with van der Waals surface area (Å²) in [6.07, 6.45) is 6.40. The number of ether oxygens (including phenoxy) is 1. The highest BCUT2D eigenvalue weighted by atomic mass is 16.5. The predicted molar refractivity (Wildman–Crippen MR) is 131 cm³/mol. The highest BCUT2D eigenvalue weighted by Crippen LogP contribution is 2.25. The molecule has 4 heterocycles. The first-order valence-corrected chi connectivity index (χ1v) is 12.4. The number of aromatic nitrogens is 4. The van der Waals surface area contributed by atoms with Crippen LogP contribution in [0.4, 0.5) is 0 Å². The first kappa shape index (κ1) is 24.1. The van der Waals surface area contributed by atoms with Gasteiger partial charge in [0.2, 0.25) is 0 Å². The zero-order valence-electron chi connectivity index (χ0n) is 20.1. The van der Waals surface area contributed by atoms with Crippen LogP contribution < -0.4 is 0 Å². The Morgan fingerprint density at radius 1 is 1.06 bits per heavy atom. The van der Waals surface area contributed by atoms with Crippen molar-refractivity contribution in [1.82, 2.24) is 29.8 Å². The molecule has 0 radical (unpaired) electrons. The summed E-state index contributed by atoms with van der Waals surface area (Å²) in [4.78, 5) is 32.4. The fraction of sp³-hybridized carbons (Fsp3) is 0.423. The summed E-state index contributed by atoms with van der Waals surface area (Å²) in [6.45, 7) is 3.59. The molecule has 36 heavy (non-hydrogen) atoms. The Morgan fingerprint density at radius 2 is 1.92 bits per heavy atom. The van der Waals surface area contributed by atoms with E-state index >= 15 is 0 Å². The number of benzene rings is 1. The summed E-state index contributed by atoms with van der Waals surface area (Å²) in [7, 11) is 0. The number of hydrogen-bond acceptors (Lipinski definition) is 7. The van der Waals surface area contributed by atoms with Crippen molar-refractivity contribution in [3.8, 4) is 5.69 Å². The number of aromatic carboxylic acids is 1. The van der Waals surface area contributed by atoms with E-state index in [1.807, 2.05) is 23.1 Å². The van der Waals surface area contributed by atoms with Gasteiger partial charge in [-0.2, -0.15) is 0 Å². The van der Waals surface area contributed by atoms with Crippen molar-refractivity contribution in [3.63, 3.8) is 0 Å². The summed E-state index contributed by atoms with van der Waals surface area (Å²) in [5.74, 6) is -0.985. The zero-order chi connectivity index (χ0) is 24.9. The SMILES string of the molecule is O=C(O)c1cc(-n2cc(CN3CCCN(C(=O)[C@@H]4CC[C@H](Cc5ccccc5)O4)CC3)nn2)ccn1. The quantitative estimate of drug-likeness (QED) is 0.536. The van der Waals surface area contributed by atoms with Crippen molar-refractivity contribution in [2.45, 2.75) is 44.4 Å². The van der Waals surface area contributed by atoms with E-state index in [0.717, 1.165) is 51.0 Å². The maximum absolute atomic E-state index is 13.2. The number of pyridine rings is 1. The second-order valence-electron chi connectivity index (χ2n) is 9.33. The first-order chi connectivity index (χ1) is 17.5. The van der Waals surface area contributed by atoms with Gasteiger partial charge in [0.1, 0.15) is 11.8 Å². The first-order valence-electron chi connectivity index (χ1n) is 12.4. The minimum atomic E-state index is -1.09. The second kappa shape index (κ2) is 11.0. The number of carboxylic acids is 1. The fourth-order valence-corrected chi connectivity index (χ4v) is 4.87. The Hall–Kier alpha value is -3.63. The van der Waals surface area contributed by atoms with Crippen molar-refractivity contribution in [2.75, 3.05) is 26.2 Å². The summed E-state index contributed by atoms with van der Waals surface area (Å²) in [5.41, 5.74) is 2.57. The van der Waals surface area contributed by atoms with Crippen molar-refractivity contribution in [2.24, 2.45) is 0 Å². The van der Waals surface area contributed by atoms with E-state index < -0.39 is 5.97 Å². The Bertz CT molecular complexity index is 1200. The molecule has 2 aliphatic heterocycles. The molecule has 0 bridgehead atoms. The van der Waals surface area contributed by atoms with Gasteiger partial charge in [0.25, 0.3) is 5.91 Å².